The van der Waals surface area contributed by atoms with E-state index in [1.165, 1.54) is 43.4 Å². The number of benzene rings is 3. The number of β-amino-alcohol motifs (C(OH)–C–C–N with tert-alkyl or cyclic N) is 1. The van der Waals surface area contributed by atoms with Gasteiger partial charge in [-0.2, -0.15) is 9.97 Å². The summed E-state index contributed by atoms with van der Waals surface area (Å²) in [6.45, 7) is 10.3. The van der Waals surface area contributed by atoms with Gasteiger partial charge in [-0.15, -0.1) is 0 Å². The zero-order chi connectivity index (χ0) is 47.0. The van der Waals surface area contributed by atoms with Gasteiger partial charge in [0.1, 0.15) is 28.6 Å². The molecule has 1 unspecified atom stereocenters. The highest BCUT2D eigenvalue weighted by molar-refractivity contribution is 6.02. The van der Waals surface area contributed by atoms with Crippen LogP contribution in [0.25, 0.3) is 32.9 Å². The lowest BCUT2D eigenvalue weighted by Gasteiger charge is -2.56. The lowest BCUT2D eigenvalue weighted by atomic mass is 9.59. The Morgan fingerprint density at radius 1 is 0.897 bits per heavy atom. The van der Waals surface area contributed by atoms with E-state index in [9.17, 15) is 19.8 Å². The van der Waals surface area contributed by atoms with Crippen LogP contribution in [0.3, 0.4) is 0 Å². The number of halogens is 2. The molecule has 2 aromatic heterocycles. The second-order valence-electron chi connectivity index (χ2n) is 21.6. The van der Waals surface area contributed by atoms with Crippen LogP contribution in [0, 0.1) is 22.5 Å². The van der Waals surface area contributed by atoms with Crippen LogP contribution < -0.4 is 15.0 Å². The van der Waals surface area contributed by atoms with Crippen molar-refractivity contribution < 1.29 is 33.3 Å². The van der Waals surface area contributed by atoms with Crippen molar-refractivity contribution in [1.82, 2.24) is 30.1 Å². The summed E-state index contributed by atoms with van der Waals surface area (Å²) >= 11 is 0. The molecule has 14 heteroatoms. The molecule has 68 heavy (non-hydrogen) atoms. The first-order valence-electron chi connectivity index (χ1n) is 25.1. The Morgan fingerprint density at radius 3 is 2.35 bits per heavy atom. The number of anilines is 1. The van der Waals surface area contributed by atoms with Crippen LogP contribution in [-0.2, 0) is 16.0 Å². The molecule has 4 saturated heterocycles. The molecule has 0 bridgehead atoms. The average Bonchev–Trinajstić information content (AvgIpc) is 4.09. The summed E-state index contributed by atoms with van der Waals surface area (Å²) in [5.74, 6) is -0.803. The third kappa shape index (κ3) is 8.70. The topological polar surface area (TPSA) is 144 Å². The molecule has 1 spiro atoms. The number of nitrogens with zero attached hydrogens (tertiary/aromatic N) is 6. The second-order valence-corrected chi connectivity index (χ2v) is 21.6. The van der Waals surface area contributed by atoms with E-state index in [1.807, 2.05) is 11.8 Å². The van der Waals surface area contributed by atoms with E-state index < -0.39 is 17.2 Å². The summed E-state index contributed by atoms with van der Waals surface area (Å²) in [6.07, 6.45) is 13.6. The van der Waals surface area contributed by atoms with E-state index in [2.05, 4.69) is 44.4 Å². The monoisotopic (exact) mass is 927 g/mol. The number of pyridine rings is 1. The quantitative estimate of drug-likeness (QED) is 0.110. The molecule has 6 heterocycles. The van der Waals surface area contributed by atoms with Crippen LogP contribution in [0.2, 0.25) is 0 Å². The molecule has 358 valence electrons. The minimum Gasteiger partial charge on any atom is -0.508 e. The number of hydrogen-bond donors (Lipinski definition) is 3. The number of aliphatic hydroxyl groups is 1. The summed E-state index contributed by atoms with van der Waals surface area (Å²) in [6, 6.07) is 15.2. The van der Waals surface area contributed by atoms with Crippen LogP contribution in [-0.4, -0.2) is 111 Å². The van der Waals surface area contributed by atoms with Gasteiger partial charge in [-0.25, -0.2) is 8.78 Å². The van der Waals surface area contributed by atoms with Gasteiger partial charge in [0.2, 0.25) is 11.8 Å². The number of nitrogens with one attached hydrogen (secondary N) is 1. The Hall–Kier alpha value is -5.31. The third-order valence-corrected chi connectivity index (χ3v) is 16.8. The van der Waals surface area contributed by atoms with Crippen molar-refractivity contribution in [3.8, 4) is 23.0 Å². The highest BCUT2D eigenvalue weighted by Gasteiger charge is 2.51. The van der Waals surface area contributed by atoms with Gasteiger partial charge in [0.05, 0.1) is 23.5 Å². The fraction of sp³-hybridized carbons (Fsp3) is 0.537. The standard InChI is InChI=1S/C54H63F2N7O5/c1-3-39-43(55)11-9-36-25-38(64)26-41(45(36)39)47-46(56)48-42(29-57-47)49(63-20-4-15-52(2,67)30-63)60-51(59-48)68-32-54(16-17-54)31-61-23-18-53(19-24-61)27-37(28-53)62-21-13-34(14-22-62)33-5-7-35(8-6-33)40-10-12-44(65)58-50(40)66/h5-9,11,25-26,29,34,37,40,64,67H,3-4,10,12-24,27-28,30-32H2,1-2H3,(H,58,65,66)/t40?,52-/m1/s1. The lowest BCUT2D eigenvalue weighted by molar-refractivity contribution is -0.134. The number of likely N-dealkylation sites (tertiary alicyclic amines) is 2. The van der Waals surface area contributed by atoms with E-state index in [-0.39, 0.29) is 51.7 Å². The first-order valence-corrected chi connectivity index (χ1v) is 25.1. The number of aromatic hydroxyl groups is 1. The summed E-state index contributed by atoms with van der Waals surface area (Å²) in [5.41, 5.74) is 2.48. The number of carbonyl (C=O) groups excluding carboxylic acids is 2. The van der Waals surface area contributed by atoms with Gasteiger partial charge < -0.3 is 29.6 Å². The van der Waals surface area contributed by atoms with Gasteiger partial charge in [-0.3, -0.25) is 19.9 Å². The molecule has 6 aliphatic rings. The number of aromatic nitrogens is 3. The van der Waals surface area contributed by atoms with E-state index in [0.29, 0.717) is 90.3 Å². The molecule has 3 aromatic carbocycles. The molecule has 2 amide bonds. The molecule has 2 atom stereocenters. The van der Waals surface area contributed by atoms with Crippen LogP contribution >= 0.6 is 0 Å². The number of amides is 2. The SMILES string of the molecule is CCc1c(F)ccc2cc(O)cc(-c3ncc4c(N5CCC[C@@](C)(O)C5)nc(OCC5(CN6CCC7(CC6)CC(N6CCC(c8ccc(C9CCC(=O)NC9=O)cc8)CC6)C7)CC5)nc4c3F)c12. The van der Waals surface area contributed by atoms with Crippen molar-refractivity contribution in [2.24, 2.45) is 10.8 Å². The molecule has 11 rings (SSSR count). The molecule has 2 saturated carbocycles. The minimum absolute atomic E-state index is 0.0267. The van der Waals surface area contributed by atoms with Gasteiger partial charge >= 0.3 is 6.01 Å². The predicted molar refractivity (Wildman–Crippen MR) is 257 cm³/mol. The molecule has 6 fully saturated rings. The fourth-order valence-corrected chi connectivity index (χ4v) is 12.6. The maximum atomic E-state index is 17.1. The van der Waals surface area contributed by atoms with Crippen LogP contribution in [0.1, 0.15) is 119 Å². The Kier molecular flexibility index (Phi) is 11.7. The summed E-state index contributed by atoms with van der Waals surface area (Å²) in [4.78, 5) is 45.5. The average molecular weight is 928 g/mol. The number of imide groups is 1. The van der Waals surface area contributed by atoms with Crippen molar-refractivity contribution in [3.63, 3.8) is 0 Å². The number of carbonyl (C=O) groups is 2. The van der Waals surface area contributed by atoms with Crippen molar-refractivity contribution in [2.75, 3.05) is 57.3 Å². The molecule has 4 aliphatic heterocycles. The molecular formula is C54H63F2N7O5. The number of phenols is 1. The molecular weight excluding hydrogens is 865 g/mol. The molecule has 12 nitrogen and oxygen atoms in total. The highest BCUT2D eigenvalue weighted by atomic mass is 19.1. The summed E-state index contributed by atoms with van der Waals surface area (Å²) in [7, 11) is 0. The fourth-order valence-electron chi connectivity index (χ4n) is 12.6. The van der Waals surface area contributed by atoms with Gasteiger partial charge in [-0.05, 0) is 167 Å². The number of fused-ring (bicyclic) bond motifs is 2. The summed E-state index contributed by atoms with van der Waals surface area (Å²) < 4.78 is 38.8. The molecule has 2 aliphatic carbocycles. The number of ether oxygens (including phenoxy) is 1. The Morgan fingerprint density at radius 2 is 1.65 bits per heavy atom. The smallest absolute Gasteiger partial charge is 0.319 e. The van der Waals surface area contributed by atoms with Gasteiger partial charge in [0, 0.05) is 49.3 Å². The molecule has 5 aromatic rings. The predicted octanol–water partition coefficient (Wildman–Crippen LogP) is 8.55. The molecule has 0 radical (unpaired) electrons. The van der Waals surface area contributed by atoms with Gasteiger partial charge in [0.25, 0.3) is 0 Å². The van der Waals surface area contributed by atoms with E-state index in [4.69, 9.17) is 14.7 Å². The van der Waals surface area contributed by atoms with E-state index in [1.54, 1.807) is 25.3 Å². The second kappa shape index (κ2) is 17.6. The number of phenolic OH excluding ortho intramolecular Hbond substituents is 1. The zero-order valence-corrected chi connectivity index (χ0v) is 39.3. The number of hydrogen-bond acceptors (Lipinski definition) is 11. The van der Waals surface area contributed by atoms with E-state index >= 15 is 8.78 Å². The van der Waals surface area contributed by atoms with Crippen molar-refractivity contribution >= 4 is 39.3 Å². The van der Waals surface area contributed by atoms with Crippen molar-refractivity contribution in [1.29, 1.82) is 0 Å². The third-order valence-electron chi connectivity index (χ3n) is 16.8. The number of piperidine rings is 4. The largest absolute Gasteiger partial charge is 0.508 e. The number of aryl methyl sites for hydroxylation is 1. The Balaban J connectivity index is 0.729. The highest BCUT2D eigenvalue weighted by Crippen LogP contribution is 2.53. The Labute approximate surface area is 396 Å². The number of rotatable bonds is 11. The van der Waals surface area contributed by atoms with Crippen LogP contribution in [0.5, 0.6) is 11.8 Å². The zero-order valence-electron chi connectivity index (χ0n) is 39.3. The van der Waals surface area contributed by atoms with Crippen LogP contribution in [0.4, 0.5) is 14.6 Å². The first kappa shape index (κ1) is 45.2. The Bertz CT molecular complexity index is 2760. The normalized spacial score (nSPS) is 24.7. The van der Waals surface area contributed by atoms with Gasteiger partial charge in [0.15, 0.2) is 5.82 Å². The van der Waals surface area contributed by atoms with Gasteiger partial charge in [-0.1, -0.05) is 37.3 Å². The van der Waals surface area contributed by atoms with E-state index in [0.717, 1.165) is 70.4 Å². The summed E-state index contributed by atoms with van der Waals surface area (Å²) in [5, 5.41) is 25.8. The molecule has 3 N–H and O–H groups in total. The maximum Gasteiger partial charge on any atom is 0.319 e. The van der Waals surface area contributed by atoms with Crippen molar-refractivity contribution in [3.05, 3.63) is 83.1 Å². The van der Waals surface area contributed by atoms with Crippen LogP contribution in [0.15, 0.2) is 54.7 Å². The lowest BCUT2D eigenvalue weighted by Crippen LogP contribution is -2.56. The maximum absolute atomic E-state index is 17.1. The first-order chi connectivity index (χ1) is 32.8. The minimum atomic E-state index is -0.954. The van der Waals surface area contributed by atoms with Crippen molar-refractivity contribution in [2.45, 2.75) is 121 Å².